The van der Waals surface area contributed by atoms with Gasteiger partial charge in [0.05, 0.1) is 5.69 Å². The van der Waals surface area contributed by atoms with Crippen molar-refractivity contribution in [2.75, 3.05) is 11.4 Å². The molecule has 3 rings (SSSR count). The van der Waals surface area contributed by atoms with E-state index in [4.69, 9.17) is 12.2 Å². The summed E-state index contributed by atoms with van der Waals surface area (Å²) in [6, 6.07) is 7.93. The number of rotatable bonds is 1. The SMILES string of the molecule is Cc1ccc(N2C(=O)[C@H]3CCCN3C2=S)cc1. The second-order valence-electron chi connectivity index (χ2n) is 4.64. The lowest BCUT2D eigenvalue weighted by atomic mass is 10.2. The zero-order chi connectivity index (χ0) is 12.0. The number of aryl methyl sites for hydroxylation is 1. The van der Waals surface area contributed by atoms with Crippen molar-refractivity contribution in [1.29, 1.82) is 0 Å². The van der Waals surface area contributed by atoms with Gasteiger partial charge in [-0.25, -0.2) is 0 Å². The van der Waals surface area contributed by atoms with Gasteiger partial charge in [-0.2, -0.15) is 0 Å². The molecule has 2 aliphatic heterocycles. The summed E-state index contributed by atoms with van der Waals surface area (Å²) >= 11 is 5.40. The smallest absolute Gasteiger partial charge is 0.256 e. The van der Waals surface area contributed by atoms with Gasteiger partial charge in [0.15, 0.2) is 5.11 Å². The number of amides is 1. The number of carbonyl (C=O) groups is 1. The summed E-state index contributed by atoms with van der Waals surface area (Å²) in [5.74, 6) is 0.136. The average molecular weight is 246 g/mol. The van der Waals surface area contributed by atoms with Gasteiger partial charge in [-0.3, -0.25) is 9.69 Å². The summed E-state index contributed by atoms with van der Waals surface area (Å²) in [6.07, 6.45) is 2.00. The second-order valence-corrected chi connectivity index (χ2v) is 5.01. The Kier molecular flexibility index (Phi) is 2.40. The molecule has 2 heterocycles. The maximum Gasteiger partial charge on any atom is 0.256 e. The first-order chi connectivity index (χ1) is 8.18. The van der Waals surface area contributed by atoms with Crippen LogP contribution in [-0.2, 0) is 4.79 Å². The lowest BCUT2D eigenvalue weighted by molar-refractivity contribution is -0.119. The molecule has 3 nitrogen and oxygen atoms in total. The molecule has 0 aliphatic carbocycles. The molecule has 2 saturated heterocycles. The molecule has 0 N–H and O–H groups in total. The number of benzene rings is 1. The van der Waals surface area contributed by atoms with Crippen LogP contribution in [0.5, 0.6) is 0 Å². The fourth-order valence-electron chi connectivity index (χ4n) is 2.56. The number of nitrogens with zero attached hydrogens (tertiary/aromatic N) is 2. The van der Waals surface area contributed by atoms with E-state index in [1.165, 1.54) is 5.56 Å². The predicted molar refractivity (Wildman–Crippen MR) is 71.0 cm³/mol. The number of fused-ring (bicyclic) bond motifs is 1. The van der Waals surface area contributed by atoms with Crippen molar-refractivity contribution >= 4 is 28.9 Å². The Morgan fingerprint density at radius 1 is 1.29 bits per heavy atom. The Morgan fingerprint density at radius 3 is 2.65 bits per heavy atom. The molecule has 0 unspecified atom stereocenters. The van der Waals surface area contributed by atoms with Crippen LogP contribution in [0.2, 0.25) is 0 Å². The van der Waals surface area contributed by atoms with Gasteiger partial charge in [0.2, 0.25) is 0 Å². The molecule has 2 fully saturated rings. The molecule has 0 bridgehead atoms. The Bertz CT molecular complexity index is 461. The van der Waals surface area contributed by atoms with Crippen LogP contribution in [0.25, 0.3) is 0 Å². The van der Waals surface area contributed by atoms with Crippen molar-refractivity contribution in [1.82, 2.24) is 4.90 Å². The minimum atomic E-state index is -0.0104. The van der Waals surface area contributed by atoms with Gasteiger partial charge in [-0.15, -0.1) is 0 Å². The molecule has 1 aromatic carbocycles. The first-order valence-corrected chi connectivity index (χ1v) is 6.30. The van der Waals surface area contributed by atoms with E-state index in [-0.39, 0.29) is 11.9 Å². The minimum Gasteiger partial charge on any atom is -0.336 e. The highest BCUT2D eigenvalue weighted by molar-refractivity contribution is 7.80. The molecule has 17 heavy (non-hydrogen) atoms. The highest BCUT2D eigenvalue weighted by Crippen LogP contribution is 2.31. The number of hydrogen-bond acceptors (Lipinski definition) is 2. The van der Waals surface area contributed by atoms with E-state index in [0.717, 1.165) is 25.1 Å². The van der Waals surface area contributed by atoms with Gasteiger partial charge >= 0.3 is 0 Å². The Hall–Kier alpha value is -1.42. The van der Waals surface area contributed by atoms with Crippen LogP contribution in [0.3, 0.4) is 0 Å². The van der Waals surface area contributed by atoms with Crippen LogP contribution in [0, 0.1) is 6.92 Å². The standard InChI is InChI=1S/C13H14N2OS/c1-9-4-6-10(7-5-9)15-12(16)11-3-2-8-14(11)13(15)17/h4-7,11H,2-3,8H2,1H3/t11-/m1/s1. The van der Waals surface area contributed by atoms with Crippen LogP contribution in [0.4, 0.5) is 5.69 Å². The molecule has 0 aromatic heterocycles. The number of carbonyl (C=O) groups excluding carboxylic acids is 1. The van der Waals surface area contributed by atoms with Gasteiger partial charge in [0.25, 0.3) is 5.91 Å². The van der Waals surface area contributed by atoms with Crippen LogP contribution >= 0.6 is 12.2 Å². The molecule has 0 spiro atoms. The number of hydrogen-bond donors (Lipinski definition) is 0. The predicted octanol–water partition coefficient (Wildman–Crippen LogP) is 2.09. The van der Waals surface area contributed by atoms with Gasteiger partial charge in [0, 0.05) is 6.54 Å². The highest BCUT2D eigenvalue weighted by Gasteiger charge is 2.45. The summed E-state index contributed by atoms with van der Waals surface area (Å²) in [6.45, 7) is 2.95. The number of thiocarbonyl (C=S) groups is 1. The van der Waals surface area contributed by atoms with E-state index in [2.05, 4.69) is 4.90 Å². The Labute approximate surface area is 106 Å². The van der Waals surface area contributed by atoms with Crippen LogP contribution in [0.15, 0.2) is 24.3 Å². The first kappa shape index (κ1) is 10.7. The highest BCUT2D eigenvalue weighted by atomic mass is 32.1. The third-order valence-electron chi connectivity index (χ3n) is 3.49. The number of anilines is 1. The third kappa shape index (κ3) is 1.55. The zero-order valence-corrected chi connectivity index (χ0v) is 10.5. The largest absolute Gasteiger partial charge is 0.336 e. The fraction of sp³-hybridized carbons (Fsp3) is 0.385. The average Bonchev–Trinajstić information content (AvgIpc) is 2.87. The van der Waals surface area contributed by atoms with Gasteiger partial charge in [0.1, 0.15) is 6.04 Å². The lowest BCUT2D eigenvalue weighted by Crippen LogP contribution is -2.32. The summed E-state index contributed by atoms with van der Waals surface area (Å²) in [5, 5.41) is 0.668. The van der Waals surface area contributed by atoms with E-state index in [9.17, 15) is 4.79 Å². The molecule has 1 aromatic rings. The fourth-order valence-corrected chi connectivity index (χ4v) is 2.97. The molecule has 0 radical (unpaired) electrons. The molecule has 4 heteroatoms. The molecular weight excluding hydrogens is 232 g/mol. The van der Waals surface area contributed by atoms with Gasteiger partial charge in [-0.05, 0) is 44.1 Å². The topological polar surface area (TPSA) is 23.6 Å². The van der Waals surface area contributed by atoms with E-state index in [0.29, 0.717) is 5.11 Å². The molecule has 1 atom stereocenters. The van der Waals surface area contributed by atoms with Gasteiger partial charge in [-0.1, -0.05) is 17.7 Å². The van der Waals surface area contributed by atoms with E-state index < -0.39 is 0 Å². The van der Waals surface area contributed by atoms with Crippen molar-refractivity contribution in [3.05, 3.63) is 29.8 Å². The van der Waals surface area contributed by atoms with Crippen molar-refractivity contribution in [2.24, 2.45) is 0 Å². The van der Waals surface area contributed by atoms with E-state index >= 15 is 0 Å². The van der Waals surface area contributed by atoms with Crippen molar-refractivity contribution in [2.45, 2.75) is 25.8 Å². The Balaban J connectivity index is 1.96. The van der Waals surface area contributed by atoms with E-state index in [1.807, 2.05) is 31.2 Å². The minimum absolute atomic E-state index is 0.0104. The molecular formula is C13H14N2OS. The van der Waals surface area contributed by atoms with Crippen LogP contribution < -0.4 is 4.90 Å². The summed E-state index contributed by atoms with van der Waals surface area (Å²) < 4.78 is 0. The van der Waals surface area contributed by atoms with Crippen molar-refractivity contribution in [3.63, 3.8) is 0 Å². The first-order valence-electron chi connectivity index (χ1n) is 5.90. The van der Waals surface area contributed by atoms with Gasteiger partial charge < -0.3 is 4.90 Å². The van der Waals surface area contributed by atoms with Crippen LogP contribution in [-0.4, -0.2) is 28.5 Å². The zero-order valence-electron chi connectivity index (χ0n) is 9.72. The Morgan fingerprint density at radius 2 is 2.00 bits per heavy atom. The molecule has 2 aliphatic rings. The van der Waals surface area contributed by atoms with Crippen molar-refractivity contribution < 1.29 is 4.79 Å². The second kappa shape index (κ2) is 3.81. The lowest BCUT2D eigenvalue weighted by Gasteiger charge is -2.18. The maximum absolute atomic E-state index is 12.3. The van der Waals surface area contributed by atoms with E-state index in [1.54, 1.807) is 4.90 Å². The maximum atomic E-state index is 12.3. The molecule has 0 saturated carbocycles. The summed E-state index contributed by atoms with van der Waals surface area (Å²) in [4.78, 5) is 16.0. The molecule has 88 valence electrons. The molecule has 1 amide bonds. The monoisotopic (exact) mass is 246 g/mol. The normalized spacial score (nSPS) is 23.5. The van der Waals surface area contributed by atoms with Crippen LogP contribution in [0.1, 0.15) is 18.4 Å². The quantitative estimate of drug-likeness (QED) is 0.709. The summed E-state index contributed by atoms with van der Waals surface area (Å²) in [5.41, 5.74) is 2.08. The summed E-state index contributed by atoms with van der Waals surface area (Å²) in [7, 11) is 0. The van der Waals surface area contributed by atoms with Crippen molar-refractivity contribution in [3.8, 4) is 0 Å². The third-order valence-corrected chi connectivity index (χ3v) is 3.90.